The van der Waals surface area contributed by atoms with Crippen molar-refractivity contribution >= 4 is 50.6 Å². The fourth-order valence-corrected chi connectivity index (χ4v) is 3.66. The van der Waals surface area contributed by atoms with E-state index in [1.165, 1.54) is 9.47 Å². The van der Waals surface area contributed by atoms with Gasteiger partial charge in [-0.2, -0.15) is 0 Å². The number of halogens is 2. The summed E-state index contributed by atoms with van der Waals surface area (Å²) in [6.45, 7) is 0.00698. The third-order valence-electron chi connectivity index (χ3n) is 4.37. The highest BCUT2D eigenvalue weighted by molar-refractivity contribution is 9.10. The van der Waals surface area contributed by atoms with Crippen molar-refractivity contribution in [3.05, 3.63) is 84.4 Å². The minimum absolute atomic E-state index is 0.0235. The molecule has 0 unspecified atom stereocenters. The maximum atomic E-state index is 12.5. The van der Waals surface area contributed by atoms with Gasteiger partial charge in [0.2, 0.25) is 5.91 Å². The Bertz CT molecular complexity index is 1190. The van der Waals surface area contributed by atoms with E-state index in [-0.39, 0.29) is 24.6 Å². The van der Waals surface area contributed by atoms with Crippen LogP contribution in [0.5, 0.6) is 0 Å². The van der Waals surface area contributed by atoms with Crippen LogP contribution in [-0.2, 0) is 11.3 Å². The van der Waals surface area contributed by atoms with E-state index in [1.54, 1.807) is 25.2 Å². The second kappa shape index (κ2) is 9.19. The molecule has 1 heterocycles. The van der Waals surface area contributed by atoms with Gasteiger partial charge < -0.3 is 16.0 Å². The van der Waals surface area contributed by atoms with Crippen molar-refractivity contribution in [1.82, 2.24) is 9.55 Å². The number of nitrogen functional groups attached to an aromatic ring is 1. The Hall–Kier alpha value is -3.04. The molecule has 1 aromatic heterocycles. The maximum absolute atomic E-state index is 12.5. The van der Waals surface area contributed by atoms with E-state index in [2.05, 4.69) is 26.2 Å². The van der Waals surface area contributed by atoms with Gasteiger partial charge in [-0.3, -0.25) is 19.1 Å². The highest BCUT2D eigenvalue weighted by atomic mass is 79.9. The molecule has 0 saturated heterocycles. The van der Waals surface area contributed by atoms with Crippen molar-refractivity contribution in [2.45, 2.75) is 6.54 Å². The molecule has 30 heavy (non-hydrogen) atoms. The average Bonchev–Trinajstić information content (AvgIpc) is 2.68. The summed E-state index contributed by atoms with van der Waals surface area (Å²) < 4.78 is 2.04. The summed E-state index contributed by atoms with van der Waals surface area (Å²) in [4.78, 5) is 40.8. The molecule has 0 aliphatic heterocycles. The number of rotatable bonds is 6. The lowest BCUT2D eigenvalue weighted by molar-refractivity contribution is -0.114. The number of hydrogen-bond donors (Lipinski definition) is 3. The Morgan fingerprint density at radius 1 is 1.23 bits per heavy atom. The van der Waals surface area contributed by atoms with E-state index in [0.717, 1.165) is 10.0 Å². The Labute approximate surface area is 185 Å². The van der Waals surface area contributed by atoms with Crippen LogP contribution < -0.4 is 27.2 Å². The lowest BCUT2D eigenvalue weighted by Gasteiger charge is -2.21. The predicted octanol–water partition coefficient (Wildman–Crippen LogP) is 2.66. The average molecular weight is 493 g/mol. The van der Waals surface area contributed by atoms with Crippen LogP contribution in [0.25, 0.3) is 0 Å². The minimum Gasteiger partial charge on any atom is -0.383 e. The normalized spacial score (nSPS) is 10.6. The van der Waals surface area contributed by atoms with E-state index < -0.39 is 17.2 Å². The molecule has 0 fully saturated rings. The number of nitrogens with zero attached hydrogens (tertiary/aromatic N) is 2. The number of aromatic amines is 1. The number of likely N-dealkylation sites (N-methyl/N-ethyl adjacent to an activating group) is 1. The summed E-state index contributed by atoms with van der Waals surface area (Å²) in [5.74, 6) is -0.425. The first-order valence-corrected chi connectivity index (χ1v) is 10.1. The minimum atomic E-state index is -0.668. The fourth-order valence-electron chi connectivity index (χ4n) is 2.94. The topological polar surface area (TPSA) is 113 Å². The van der Waals surface area contributed by atoms with Gasteiger partial charge in [-0.1, -0.05) is 57.9 Å². The molecule has 1 amide bonds. The van der Waals surface area contributed by atoms with Crippen LogP contribution in [0.4, 0.5) is 17.2 Å². The summed E-state index contributed by atoms with van der Waals surface area (Å²) in [7, 11) is 1.54. The lowest BCUT2D eigenvalue weighted by atomic mass is 10.2. The molecule has 3 aromatic rings. The molecule has 2 aromatic carbocycles. The largest absolute Gasteiger partial charge is 0.383 e. The van der Waals surface area contributed by atoms with Crippen LogP contribution in [0.2, 0.25) is 5.02 Å². The number of nitrogens with two attached hydrogens (primary N) is 1. The number of aromatic nitrogens is 2. The standard InChI is InChI=1S/C20H19BrClN5O3/c1-26(11-16(28)24-15-8-7-13(21)9-14(15)22)17-18(23)27(20(30)25-19(17)29)10-12-5-3-2-4-6-12/h2-9H,10-11,23H2,1H3,(H,24,28)(H,25,29,30). The molecular weight excluding hydrogens is 474 g/mol. The van der Waals surface area contributed by atoms with Gasteiger partial charge in [0.1, 0.15) is 11.5 Å². The number of hydrogen-bond acceptors (Lipinski definition) is 5. The van der Waals surface area contributed by atoms with Gasteiger partial charge >= 0.3 is 5.69 Å². The third kappa shape index (κ3) is 4.92. The van der Waals surface area contributed by atoms with Crippen LogP contribution in [0.1, 0.15) is 5.56 Å². The van der Waals surface area contributed by atoms with Crippen LogP contribution in [0.15, 0.2) is 62.6 Å². The van der Waals surface area contributed by atoms with Crippen LogP contribution >= 0.6 is 27.5 Å². The monoisotopic (exact) mass is 491 g/mol. The van der Waals surface area contributed by atoms with E-state index >= 15 is 0 Å². The second-order valence-corrected chi connectivity index (χ2v) is 7.92. The number of benzene rings is 2. The first kappa shape index (κ1) is 21.7. The first-order valence-electron chi connectivity index (χ1n) is 8.89. The molecule has 3 rings (SSSR count). The number of H-pyrrole nitrogens is 1. The Balaban J connectivity index is 1.83. The summed E-state index contributed by atoms with van der Waals surface area (Å²) in [5.41, 5.74) is 6.17. The van der Waals surface area contributed by atoms with E-state index in [4.69, 9.17) is 17.3 Å². The number of carbonyl (C=O) groups excluding carboxylic acids is 1. The van der Waals surface area contributed by atoms with Gasteiger partial charge in [-0.25, -0.2) is 4.79 Å². The maximum Gasteiger partial charge on any atom is 0.330 e. The molecule has 0 spiro atoms. The molecule has 0 aliphatic carbocycles. The molecule has 0 radical (unpaired) electrons. The molecule has 10 heteroatoms. The molecule has 0 bridgehead atoms. The van der Waals surface area contributed by atoms with Gasteiger partial charge in [0, 0.05) is 11.5 Å². The van der Waals surface area contributed by atoms with Crippen molar-refractivity contribution in [3.63, 3.8) is 0 Å². The summed E-state index contributed by atoms with van der Waals surface area (Å²) >= 11 is 9.42. The van der Waals surface area contributed by atoms with Crippen LogP contribution in [0.3, 0.4) is 0 Å². The number of anilines is 3. The van der Waals surface area contributed by atoms with Gasteiger partial charge in [-0.15, -0.1) is 0 Å². The zero-order chi connectivity index (χ0) is 21.8. The Morgan fingerprint density at radius 2 is 1.93 bits per heavy atom. The van der Waals surface area contributed by atoms with Crippen molar-refractivity contribution in [2.24, 2.45) is 0 Å². The fraction of sp³-hybridized carbons (Fsp3) is 0.150. The summed E-state index contributed by atoms with van der Waals surface area (Å²) in [6, 6.07) is 14.3. The molecule has 156 valence electrons. The molecule has 8 nitrogen and oxygen atoms in total. The lowest BCUT2D eigenvalue weighted by Crippen LogP contribution is -2.39. The van der Waals surface area contributed by atoms with Gasteiger partial charge in [0.05, 0.1) is 23.8 Å². The number of nitrogens with one attached hydrogen (secondary N) is 2. The molecule has 0 aliphatic rings. The second-order valence-electron chi connectivity index (χ2n) is 6.59. The van der Waals surface area contributed by atoms with E-state index in [9.17, 15) is 14.4 Å². The smallest absolute Gasteiger partial charge is 0.330 e. The molecule has 4 N–H and O–H groups in total. The highest BCUT2D eigenvalue weighted by Crippen LogP contribution is 2.25. The number of carbonyl (C=O) groups is 1. The predicted molar refractivity (Wildman–Crippen MR) is 122 cm³/mol. The first-order chi connectivity index (χ1) is 14.3. The zero-order valence-electron chi connectivity index (χ0n) is 16.0. The summed E-state index contributed by atoms with van der Waals surface area (Å²) in [5, 5.41) is 3.06. The Kier molecular flexibility index (Phi) is 6.63. The van der Waals surface area contributed by atoms with E-state index in [0.29, 0.717) is 10.7 Å². The Morgan fingerprint density at radius 3 is 2.60 bits per heavy atom. The summed E-state index contributed by atoms with van der Waals surface area (Å²) in [6.07, 6.45) is 0. The van der Waals surface area contributed by atoms with E-state index in [1.807, 2.05) is 30.3 Å². The molecule has 0 atom stereocenters. The van der Waals surface area contributed by atoms with Gasteiger partial charge in [0.15, 0.2) is 0 Å². The van der Waals surface area contributed by atoms with Gasteiger partial charge in [-0.05, 0) is 23.8 Å². The number of amides is 1. The SMILES string of the molecule is CN(CC(=O)Nc1ccc(Br)cc1Cl)c1c(N)n(Cc2ccccc2)c(=O)[nH]c1=O. The third-order valence-corrected chi connectivity index (χ3v) is 5.17. The van der Waals surface area contributed by atoms with Crippen molar-refractivity contribution in [3.8, 4) is 0 Å². The quantitative estimate of drug-likeness (QED) is 0.490. The van der Waals surface area contributed by atoms with Crippen molar-refractivity contribution in [2.75, 3.05) is 29.5 Å². The van der Waals surface area contributed by atoms with Crippen molar-refractivity contribution in [1.29, 1.82) is 0 Å². The molecular formula is C20H19BrClN5O3. The van der Waals surface area contributed by atoms with Crippen LogP contribution in [0, 0.1) is 0 Å². The molecule has 0 saturated carbocycles. The van der Waals surface area contributed by atoms with Crippen LogP contribution in [-0.4, -0.2) is 29.1 Å². The van der Waals surface area contributed by atoms with Gasteiger partial charge in [0.25, 0.3) is 5.56 Å². The zero-order valence-corrected chi connectivity index (χ0v) is 18.3. The highest BCUT2D eigenvalue weighted by Gasteiger charge is 2.19. The van der Waals surface area contributed by atoms with Crippen molar-refractivity contribution < 1.29 is 4.79 Å².